The van der Waals surface area contributed by atoms with Gasteiger partial charge in [0.1, 0.15) is 0 Å². The maximum Gasteiger partial charge on any atom is 0.226 e. The summed E-state index contributed by atoms with van der Waals surface area (Å²) in [5, 5.41) is 0. The zero-order chi connectivity index (χ0) is 15.2. The van der Waals surface area contributed by atoms with Crippen LogP contribution < -0.4 is 5.73 Å². The van der Waals surface area contributed by atoms with Gasteiger partial charge in [-0.1, -0.05) is 20.8 Å². The highest BCUT2D eigenvalue weighted by Gasteiger charge is 2.46. The van der Waals surface area contributed by atoms with Crippen LogP contribution >= 0.6 is 0 Å². The van der Waals surface area contributed by atoms with Gasteiger partial charge in [0.25, 0.3) is 0 Å². The van der Waals surface area contributed by atoms with Crippen LogP contribution in [0.5, 0.6) is 0 Å². The summed E-state index contributed by atoms with van der Waals surface area (Å²) < 4.78 is 0. The third-order valence-corrected chi connectivity index (χ3v) is 6.49. The van der Waals surface area contributed by atoms with Crippen LogP contribution in [0.1, 0.15) is 46.5 Å². The Morgan fingerprint density at radius 1 is 1.05 bits per heavy atom. The van der Waals surface area contributed by atoms with Gasteiger partial charge < -0.3 is 10.6 Å². The zero-order valence-electron chi connectivity index (χ0n) is 13.8. The fourth-order valence-corrected chi connectivity index (χ4v) is 4.26. The molecule has 2 aliphatic carbocycles. The van der Waals surface area contributed by atoms with Gasteiger partial charge in [-0.15, -0.1) is 0 Å². The van der Waals surface area contributed by atoms with E-state index < -0.39 is 0 Å². The molecule has 0 aromatic carbocycles. The molecule has 1 heterocycles. The van der Waals surface area contributed by atoms with E-state index in [4.69, 9.17) is 5.73 Å². The molecular formula is C17H31N3O. The summed E-state index contributed by atoms with van der Waals surface area (Å²) in [4.78, 5) is 17.7. The second-order valence-electron chi connectivity index (χ2n) is 8.00. The van der Waals surface area contributed by atoms with Crippen LogP contribution in [0, 0.1) is 17.3 Å². The summed E-state index contributed by atoms with van der Waals surface area (Å²) in [5.41, 5.74) is 6.24. The molecule has 0 aromatic rings. The van der Waals surface area contributed by atoms with Crippen molar-refractivity contribution >= 4 is 5.91 Å². The molecule has 2 saturated carbocycles. The van der Waals surface area contributed by atoms with Gasteiger partial charge in [0, 0.05) is 44.2 Å². The van der Waals surface area contributed by atoms with Gasteiger partial charge in [0.15, 0.2) is 0 Å². The Hall–Kier alpha value is -0.610. The van der Waals surface area contributed by atoms with E-state index in [1.54, 1.807) is 0 Å². The van der Waals surface area contributed by atoms with Gasteiger partial charge in [0.2, 0.25) is 5.91 Å². The van der Waals surface area contributed by atoms with Crippen molar-refractivity contribution in [2.45, 2.75) is 58.5 Å². The van der Waals surface area contributed by atoms with E-state index in [0.29, 0.717) is 11.8 Å². The third kappa shape index (κ3) is 2.85. The highest BCUT2D eigenvalue weighted by Crippen LogP contribution is 2.45. The molecule has 3 aliphatic rings. The Bertz CT molecular complexity index is 397. The first kappa shape index (κ1) is 15.3. The number of piperazine rings is 1. The number of hydrogen-bond acceptors (Lipinski definition) is 3. The van der Waals surface area contributed by atoms with E-state index in [1.165, 1.54) is 12.8 Å². The van der Waals surface area contributed by atoms with Crippen molar-refractivity contribution in [2.24, 2.45) is 23.0 Å². The highest BCUT2D eigenvalue weighted by molar-refractivity contribution is 5.80. The number of carbonyl (C=O) groups excluding carboxylic acids is 1. The quantitative estimate of drug-likeness (QED) is 0.843. The molecule has 2 N–H and O–H groups in total. The number of nitrogens with two attached hydrogens (primary N) is 1. The van der Waals surface area contributed by atoms with Crippen molar-refractivity contribution in [3.8, 4) is 0 Å². The lowest BCUT2D eigenvalue weighted by atomic mass is 9.60. The smallest absolute Gasteiger partial charge is 0.226 e. The Labute approximate surface area is 129 Å². The van der Waals surface area contributed by atoms with Crippen LogP contribution in [0.15, 0.2) is 0 Å². The van der Waals surface area contributed by atoms with Crippen LogP contribution in [-0.4, -0.2) is 54.0 Å². The van der Waals surface area contributed by atoms with Gasteiger partial charge in [-0.05, 0) is 37.0 Å². The first-order chi connectivity index (χ1) is 9.91. The van der Waals surface area contributed by atoms with Crippen molar-refractivity contribution in [3.63, 3.8) is 0 Å². The molecular weight excluding hydrogens is 262 g/mol. The molecule has 0 spiro atoms. The first-order valence-corrected chi connectivity index (χ1v) is 8.69. The fourth-order valence-electron chi connectivity index (χ4n) is 4.26. The average Bonchev–Trinajstić information content (AvgIpc) is 3.29. The lowest BCUT2D eigenvalue weighted by molar-refractivity contribution is -0.145. The maximum atomic E-state index is 13.0. The van der Waals surface area contributed by atoms with Crippen molar-refractivity contribution in [3.05, 3.63) is 0 Å². The Balaban J connectivity index is 1.62. The summed E-state index contributed by atoms with van der Waals surface area (Å²) >= 11 is 0. The first-order valence-electron chi connectivity index (χ1n) is 8.69. The number of amides is 1. The summed E-state index contributed by atoms with van der Waals surface area (Å²) in [6.45, 7) is 10.7. The van der Waals surface area contributed by atoms with E-state index in [0.717, 1.165) is 45.1 Å². The molecule has 120 valence electrons. The molecule has 4 heteroatoms. The zero-order valence-corrected chi connectivity index (χ0v) is 13.8. The van der Waals surface area contributed by atoms with Crippen LogP contribution in [0.25, 0.3) is 0 Å². The molecule has 1 saturated heterocycles. The monoisotopic (exact) mass is 293 g/mol. The van der Waals surface area contributed by atoms with Gasteiger partial charge in [-0.3, -0.25) is 9.69 Å². The lowest BCUT2D eigenvalue weighted by Crippen LogP contribution is -2.56. The number of rotatable bonds is 2. The fraction of sp³-hybridized carbons (Fsp3) is 0.941. The molecule has 3 atom stereocenters. The van der Waals surface area contributed by atoms with Crippen molar-refractivity contribution in [1.82, 2.24) is 9.80 Å². The molecule has 3 fully saturated rings. The van der Waals surface area contributed by atoms with E-state index in [-0.39, 0.29) is 17.4 Å². The summed E-state index contributed by atoms with van der Waals surface area (Å²) in [6, 6.07) is 1.07. The Kier molecular flexibility index (Phi) is 4.04. The van der Waals surface area contributed by atoms with Gasteiger partial charge in [0.05, 0.1) is 0 Å². The van der Waals surface area contributed by atoms with Crippen molar-refractivity contribution in [1.29, 1.82) is 0 Å². The maximum absolute atomic E-state index is 13.0. The minimum atomic E-state index is 0.0162. The van der Waals surface area contributed by atoms with Crippen molar-refractivity contribution < 1.29 is 4.79 Å². The van der Waals surface area contributed by atoms with Crippen LogP contribution in [0.2, 0.25) is 0 Å². The minimum Gasteiger partial charge on any atom is -0.340 e. The van der Waals surface area contributed by atoms with Gasteiger partial charge in [-0.25, -0.2) is 0 Å². The molecule has 3 unspecified atom stereocenters. The second kappa shape index (κ2) is 5.54. The molecule has 4 nitrogen and oxygen atoms in total. The molecule has 1 amide bonds. The number of nitrogens with zero attached hydrogens (tertiary/aromatic N) is 2. The molecule has 1 aliphatic heterocycles. The lowest BCUT2D eigenvalue weighted by Gasteiger charge is -2.48. The summed E-state index contributed by atoms with van der Waals surface area (Å²) in [5.74, 6) is 0.946. The Morgan fingerprint density at radius 3 is 2.24 bits per heavy atom. The van der Waals surface area contributed by atoms with Crippen LogP contribution in [0.4, 0.5) is 0 Å². The minimum absolute atomic E-state index is 0.0162. The number of hydrogen-bond donors (Lipinski definition) is 1. The van der Waals surface area contributed by atoms with E-state index in [9.17, 15) is 4.79 Å². The summed E-state index contributed by atoms with van der Waals surface area (Å²) in [7, 11) is 0. The van der Waals surface area contributed by atoms with Crippen LogP contribution in [0.3, 0.4) is 0 Å². The normalized spacial score (nSPS) is 37.5. The topological polar surface area (TPSA) is 49.6 Å². The SMILES string of the molecule is CC1C(N)CCC(C(=O)N2CCN(C3CC3)CC2)C1(C)C. The molecule has 0 radical (unpaired) electrons. The molecule has 0 aromatic heterocycles. The van der Waals surface area contributed by atoms with E-state index in [1.807, 2.05) is 0 Å². The largest absolute Gasteiger partial charge is 0.340 e. The average molecular weight is 293 g/mol. The standard InChI is InChI=1S/C17H31N3O/c1-12-15(18)7-6-14(17(12,2)3)16(21)20-10-8-19(9-11-20)13-4-5-13/h12-15H,4-11,18H2,1-3H3. The third-order valence-electron chi connectivity index (χ3n) is 6.49. The molecule has 0 bridgehead atoms. The molecule has 3 rings (SSSR count). The Morgan fingerprint density at radius 2 is 1.67 bits per heavy atom. The predicted octanol–water partition coefficient (Wildman–Crippen LogP) is 1.69. The van der Waals surface area contributed by atoms with Crippen LogP contribution in [-0.2, 0) is 4.79 Å². The molecule has 21 heavy (non-hydrogen) atoms. The van der Waals surface area contributed by atoms with E-state index in [2.05, 4.69) is 30.6 Å². The summed E-state index contributed by atoms with van der Waals surface area (Å²) in [6.07, 6.45) is 4.67. The van der Waals surface area contributed by atoms with Gasteiger partial charge >= 0.3 is 0 Å². The number of carbonyl (C=O) groups is 1. The van der Waals surface area contributed by atoms with Gasteiger partial charge in [-0.2, -0.15) is 0 Å². The predicted molar refractivity (Wildman–Crippen MR) is 84.8 cm³/mol. The highest BCUT2D eigenvalue weighted by atomic mass is 16.2. The second-order valence-corrected chi connectivity index (χ2v) is 8.00. The van der Waals surface area contributed by atoms with Crippen molar-refractivity contribution in [2.75, 3.05) is 26.2 Å². The van der Waals surface area contributed by atoms with E-state index >= 15 is 0 Å².